The highest BCUT2D eigenvalue weighted by Crippen LogP contribution is 2.50. The van der Waals surface area contributed by atoms with Crippen LogP contribution in [0.4, 0.5) is 0 Å². The molecule has 0 unspecified atom stereocenters. The molecular weight excluding hydrogens is 298 g/mol. The van der Waals surface area contributed by atoms with Crippen molar-refractivity contribution in [2.75, 3.05) is 6.54 Å². The van der Waals surface area contributed by atoms with Crippen LogP contribution in [0.25, 0.3) is 20.7 Å². The Morgan fingerprint density at radius 1 is 1.41 bits per heavy atom. The van der Waals surface area contributed by atoms with Gasteiger partial charge in [-0.05, 0) is 37.8 Å². The normalized spacial score (nSPS) is 26.5. The number of aromatic amines is 2. The van der Waals surface area contributed by atoms with E-state index in [1.54, 1.807) is 6.20 Å². The number of aryl methyl sites for hydroxylation is 1. The van der Waals surface area contributed by atoms with Gasteiger partial charge in [-0.3, -0.25) is 9.89 Å². The smallest absolute Gasteiger partial charge is 0.268 e. The van der Waals surface area contributed by atoms with Crippen molar-refractivity contribution in [2.24, 2.45) is 11.8 Å². The van der Waals surface area contributed by atoms with Crippen LogP contribution in [0.3, 0.4) is 0 Å². The summed E-state index contributed by atoms with van der Waals surface area (Å²) >= 11 is 1.47. The van der Waals surface area contributed by atoms with E-state index in [0.29, 0.717) is 10.6 Å². The van der Waals surface area contributed by atoms with Gasteiger partial charge >= 0.3 is 0 Å². The lowest BCUT2D eigenvalue weighted by Crippen LogP contribution is -2.23. The first kappa shape index (κ1) is 12.5. The minimum Gasteiger partial charge on any atom is -0.308 e. The Balaban J connectivity index is 1.64. The van der Waals surface area contributed by atoms with Gasteiger partial charge in [-0.1, -0.05) is 0 Å². The third kappa shape index (κ3) is 1.72. The van der Waals surface area contributed by atoms with Gasteiger partial charge in [0.05, 0.1) is 17.8 Å². The highest BCUT2D eigenvalue weighted by molar-refractivity contribution is 7.22. The largest absolute Gasteiger partial charge is 0.308 e. The van der Waals surface area contributed by atoms with Gasteiger partial charge < -0.3 is 10.3 Å². The maximum Gasteiger partial charge on any atom is 0.268 e. The van der Waals surface area contributed by atoms with Crippen LogP contribution in [0.5, 0.6) is 0 Å². The van der Waals surface area contributed by atoms with Gasteiger partial charge in [-0.2, -0.15) is 5.10 Å². The molecule has 1 saturated carbocycles. The second kappa shape index (κ2) is 4.27. The molecule has 3 N–H and O–H groups in total. The average Bonchev–Trinajstić information content (AvgIpc) is 2.89. The molecule has 3 aromatic rings. The van der Waals surface area contributed by atoms with Gasteiger partial charge in [-0.15, -0.1) is 11.3 Å². The average molecular weight is 313 g/mol. The summed E-state index contributed by atoms with van der Waals surface area (Å²) in [7, 11) is 0. The van der Waals surface area contributed by atoms with E-state index in [1.165, 1.54) is 17.8 Å². The zero-order valence-corrected chi connectivity index (χ0v) is 12.8. The Bertz CT molecular complexity index is 939. The summed E-state index contributed by atoms with van der Waals surface area (Å²) < 4.78 is 0.685. The lowest BCUT2D eigenvalue weighted by atomic mass is 10.2. The summed E-state index contributed by atoms with van der Waals surface area (Å²) in [6, 6.07) is 2.21. The fourth-order valence-electron chi connectivity index (χ4n) is 3.48. The van der Waals surface area contributed by atoms with Crippen LogP contribution in [0.1, 0.15) is 24.0 Å². The lowest BCUT2D eigenvalue weighted by molar-refractivity contribution is 0.532. The number of hydrogen-bond acceptors (Lipinski definition) is 5. The number of piperidine rings is 1. The monoisotopic (exact) mass is 313 g/mol. The number of aromatic nitrogens is 4. The number of H-pyrrole nitrogens is 2. The molecular formula is C15H15N5OS. The summed E-state index contributed by atoms with van der Waals surface area (Å²) in [5.41, 5.74) is 2.78. The number of rotatable bonds is 2. The summed E-state index contributed by atoms with van der Waals surface area (Å²) in [5.74, 6) is 2.21. The van der Waals surface area contributed by atoms with E-state index in [4.69, 9.17) is 4.98 Å². The van der Waals surface area contributed by atoms with Crippen molar-refractivity contribution < 1.29 is 0 Å². The zero-order chi connectivity index (χ0) is 14.8. The van der Waals surface area contributed by atoms with Gasteiger partial charge in [0.25, 0.3) is 5.56 Å². The molecule has 0 amide bonds. The van der Waals surface area contributed by atoms with Crippen molar-refractivity contribution in [3.05, 3.63) is 34.1 Å². The van der Waals surface area contributed by atoms with Crippen LogP contribution in [0.2, 0.25) is 0 Å². The van der Waals surface area contributed by atoms with Crippen LogP contribution in [-0.4, -0.2) is 26.7 Å². The third-order valence-electron chi connectivity index (χ3n) is 4.80. The van der Waals surface area contributed by atoms with Crippen molar-refractivity contribution in [3.8, 4) is 10.4 Å². The van der Waals surface area contributed by atoms with Gasteiger partial charge in [0, 0.05) is 16.1 Å². The van der Waals surface area contributed by atoms with Crippen molar-refractivity contribution >= 4 is 21.6 Å². The summed E-state index contributed by atoms with van der Waals surface area (Å²) in [6.45, 7) is 3.02. The van der Waals surface area contributed by atoms with E-state index < -0.39 is 0 Å². The molecule has 1 aliphatic heterocycles. The Morgan fingerprint density at radius 2 is 2.32 bits per heavy atom. The highest BCUT2D eigenvalue weighted by atomic mass is 32.1. The molecule has 0 bridgehead atoms. The van der Waals surface area contributed by atoms with Crippen molar-refractivity contribution in [1.29, 1.82) is 0 Å². The molecule has 22 heavy (non-hydrogen) atoms. The number of nitrogens with zero attached hydrogens (tertiary/aromatic N) is 2. The molecule has 0 spiro atoms. The van der Waals surface area contributed by atoms with Crippen molar-refractivity contribution in [3.63, 3.8) is 0 Å². The third-order valence-corrected chi connectivity index (χ3v) is 5.95. The Kier molecular flexibility index (Phi) is 2.43. The Hall–Kier alpha value is -1.99. The van der Waals surface area contributed by atoms with Crippen molar-refractivity contribution in [2.45, 2.75) is 19.4 Å². The Labute approximate surface area is 130 Å². The van der Waals surface area contributed by atoms with E-state index >= 15 is 0 Å². The molecule has 5 rings (SSSR count). The van der Waals surface area contributed by atoms with E-state index in [9.17, 15) is 4.79 Å². The number of thiophene rings is 1. The summed E-state index contributed by atoms with van der Waals surface area (Å²) in [6.07, 6.45) is 3.05. The molecule has 6 nitrogen and oxygen atoms in total. The first-order valence-corrected chi connectivity index (χ1v) is 8.30. The minimum absolute atomic E-state index is 0.0386. The predicted molar refractivity (Wildman–Crippen MR) is 84.9 cm³/mol. The van der Waals surface area contributed by atoms with E-state index in [2.05, 4.69) is 20.5 Å². The quantitative estimate of drug-likeness (QED) is 0.675. The first-order valence-electron chi connectivity index (χ1n) is 7.48. The Morgan fingerprint density at radius 3 is 3.00 bits per heavy atom. The topological polar surface area (TPSA) is 86.5 Å². The molecule has 4 heterocycles. The second-order valence-electron chi connectivity index (χ2n) is 6.23. The van der Waals surface area contributed by atoms with E-state index in [-0.39, 0.29) is 11.6 Å². The molecule has 3 atom stereocenters. The molecule has 0 aromatic carbocycles. The zero-order valence-electron chi connectivity index (χ0n) is 12.0. The molecule has 1 saturated heterocycles. The second-order valence-corrected chi connectivity index (χ2v) is 7.28. The van der Waals surface area contributed by atoms with Crippen LogP contribution < -0.4 is 10.9 Å². The predicted octanol–water partition coefficient (Wildman–Crippen LogP) is 1.96. The minimum atomic E-state index is -0.0386. The van der Waals surface area contributed by atoms with Gasteiger partial charge in [0.15, 0.2) is 0 Å². The number of hydrogen-bond donors (Lipinski definition) is 3. The maximum absolute atomic E-state index is 12.4. The van der Waals surface area contributed by atoms with Crippen LogP contribution in [0.15, 0.2) is 17.1 Å². The number of nitrogens with one attached hydrogen (secondary N) is 3. The van der Waals surface area contributed by atoms with Crippen LogP contribution in [0, 0.1) is 18.8 Å². The summed E-state index contributed by atoms with van der Waals surface area (Å²) in [5, 5.41) is 10.4. The molecule has 2 aliphatic rings. The van der Waals surface area contributed by atoms with Gasteiger partial charge in [0.2, 0.25) is 0 Å². The highest BCUT2D eigenvalue weighted by Gasteiger charge is 2.49. The summed E-state index contributed by atoms with van der Waals surface area (Å²) in [4.78, 5) is 21.1. The van der Waals surface area contributed by atoms with Gasteiger partial charge in [0.1, 0.15) is 10.5 Å². The lowest BCUT2D eigenvalue weighted by Gasteiger charge is -2.11. The SMILES string of the molecule is Cc1[nH]ncc1-c1cc2nc([C@H]3NC[C@H]4C[C@H]43)[nH]c(=O)c2s1. The van der Waals surface area contributed by atoms with E-state index in [1.807, 2.05) is 13.0 Å². The first-order chi connectivity index (χ1) is 10.7. The fourth-order valence-corrected chi connectivity index (χ4v) is 4.54. The van der Waals surface area contributed by atoms with Gasteiger partial charge in [-0.25, -0.2) is 4.98 Å². The molecule has 1 aliphatic carbocycles. The number of fused-ring (bicyclic) bond motifs is 2. The standard InChI is InChI=1S/C15H15N5OS/c1-6-9(5-17-20-6)11-3-10-13(22-11)15(21)19-14(18-10)12-8-2-7(8)4-16-12/h3,5,7-8,12,16H,2,4H2,1H3,(H,17,20)(H,18,19,21)/t7-,8-,12+/m1/s1. The van der Waals surface area contributed by atoms with E-state index in [0.717, 1.165) is 39.9 Å². The molecule has 0 radical (unpaired) electrons. The van der Waals surface area contributed by atoms with Crippen molar-refractivity contribution in [1.82, 2.24) is 25.5 Å². The fraction of sp³-hybridized carbons (Fsp3) is 0.400. The maximum atomic E-state index is 12.4. The van der Waals surface area contributed by atoms with Crippen LogP contribution >= 0.6 is 11.3 Å². The molecule has 7 heteroatoms. The van der Waals surface area contributed by atoms with Crippen LogP contribution in [-0.2, 0) is 0 Å². The molecule has 2 fully saturated rings. The molecule has 112 valence electrons. The molecule has 3 aromatic heterocycles.